The van der Waals surface area contributed by atoms with Crippen LogP contribution in [0.4, 0.5) is 0 Å². The molecule has 1 heterocycles. The predicted molar refractivity (Wildman–Crippen MR) is 92.3 cm³/mol. The maximum absolute atomic E-state index is 12.0. The second kappa shape index (κ2) is 7.04. The van der Waals surface area contributed by atoms with E-state index in [1.165, 1.54) is 0 Å². The Bertz CT molecular complexity index is 911. The normalized spacial score (nSPS) is 10.7. The maximum Gasteiger partial charge on any atom is 0.323 e. The van der Waals surface area contributed by atoms with Crippen molar-refractivity contribution in [3.63, 3.8) is 0 Å². The topological polar surface area (TPSA) is 87.0 Å². The van der Waals surface area contributed by atoms with Crippen LogP contribution in [0.1, 0.15) is 11.1 Å². The van der Waals surface area contributed by atoms with Crippen LogP contribution >= 0.6 is 0 Å². The number of benzene rings is 2. The number of carbonyl (C=O) groups excluding carboxylic acids is 1. The van der Waals surface area contributed by atoms with E-state index in [4.69, 9.17) is 4.74 Å². The minimum Gasteiger partial charge on any atom is -0.497 e. The van der Waals surface area contributed by atoms with Gasteiger partial charge >= 0.3 is 5.69 Å². The average Bonchev–Trinajstić information content (AvgIpc) is 2.94. The molecule has 0 fully saturated rings. The first-order valence-electron chi connectivity index (χ1n) is 7.74. The summed E-state index contributed by atoms with van der Waals surface area (Å²) in [7, 11) is 1.60. The second-order valence-corrected chi connectivity index (χ2v) is 5.59. The summed E-state index contributed by atoms with van der Waals surface area (Å²) in [6, 6.07) is 13.2. The lowest BCUT2D eigenvalue weighted by atomic mass is 10.1. The van der Waals surface area contributed by atoms with Gasteiger partial charge in [0, 0.05) is 6.54 Å². The van der Waals surface area contributed by atoms with E-state index in [-0.39, 0.29) is 11.6 Å². The van der Waals surface area contributed by atoms with Gasteiger partial charge in [0.2, 0.25) is 5.91 Å². The van der Waals surface area contributed by atoms with E-state index in [1.807, 2.05) is 42.5 Å². The fraction of sp³-hybridized carbons (Fsp3) is 0.222. The Morgan fingerprint density at radius 2 is 1.92 bits per heavy atom. The molecule has 0 aliphatic heterocycles. The summed E-state index contributed by atoms with van der Waals surface area (Å²) in [5, 5.41) is 2.91. The second-order valence-electron chi connectivity index (χ2n) is 5.59. The highest BCUT2D eigenvalue weighted by Crippen LogP contribution is 2.13. The zero-order valence-electron chi connectivity index (χ0n) is 13.4. The number of nitrogens with one attached hydrogen (secondary N) is 3. The number of ether oxygens (including phenoxy) is 1. The van der Waals surface area contributed by atoms with Crippen molar-refractivity contribution in [3.05, 3.63) is 64.1 Å². The van der Waals surface area contributed by atoms with Gasteiger partial charge in [-0.2, -0.15) is 0 Å². The van der Waals surface area contributed by atoms with Crippen molar-refractivity contribution < 1.29 is 9.53 Å². The first kappa shape index (κ1) is 15.9. The molecule has 6 nitrogen and oxygen atoms in total. The van der Waals surface area contributed by atoms with Crippen molar-refractivity contribution in [1.82, 2.24) is 15.3 Å². The van der Waals surface area contributed by atoms with Crippen molar-refractivity contribution in [2.24, 2.45) is 0 Å². The molecule has 0 bridgehead atoms. The summed E-state index contributed by atoms with van der Waals surface area (Å²) in [4.78, 5) is 28.7. The Morgan fingerprint density at radius 3 is 2.75 bits per heavy atom. The molecule has 0 radical (unpaired) electrons. The van der Waals surface area contributed by atoms with Gasteiger partial charge in [-0.1, -0.05) is 18.2 Å². The molecule has 1 amide bonds. The van der Waals surface area contributed by atoms with Crippen LogP contribution in [-0.2, 0) is 17.6 Å². The van der Waals surface area contributed by atoms with E-state index < -0.39 is 0 Å². The zero-order chi connectivity index (χ0) is 16.9. The molecular weight excluding hydrogens is 306 g/mol. The third-order valence-electron chi connectivity index (χ3n) is 3.82. The minimum atomic E-state index is -0.214. The molecule has 0 aliphatic carbocycles. The molecule has 0 saturated heterocycles. The lowest BCUT2D eigenvalue weighted by Crippen LogP contribution is -2.27. The predicted octanol–water partition coefficient (Wildman–Crippen LogP) is 1.77. The summed E-state index contributed by atoms with van der Waals surface area (Å²) in [5.41, 5.74) is 3.32. The minimum absolute atomic E-state index is 0.0283. The number of hydrogen-bond donors (Lipinski definition) is 3. The van der Waals surface area contributed by atoms with E-state index >= 15 is 0 Å². The molecule has 3 N–H and O–H groups in total. The van der Waals surface area contributed by atoms with Crippen LogP contribution in [-0.4, -0.2) is 29.5 Å². The van der Waals surface area contributed by atoms with Crippen LogP contribution in [0.3, 0.4) is 0 Å². The molecule has 3 rings (SSSR count). The van der Waals surface area contributed by atoms with E-state index in [0.717, 1.165) is 27.9 Å². The Balaban J connectivity index is 1.52. The van der Waals surface area contributed by atoms with Gasteiger partial charge in [0.05, 0.1) is 24.6 Å². The summed E-state index contributed by atoms with van der Waals surface area (Å²) in [5.74, 6) is 0.716. The lowest BCUT2D eigenvalue weighted by Gasteiger charge is -2.07. The van der Waals surface area contributed by atoms with Gasteiger partial charge in [-0.05, 0) is 41.8 Å². The number of rotatable bonds is 6. The fourth-order valence-electron chi connectivity index (χ4n) is 2.61. The molecule has 0 unspecified atom stereocenters. The highest BCUT2D eigenvalue weighted by atomic mass is 16.5. The van der Waals surface area contributed by atoms with Crippen molar-refractivity contribution >= 4 is 16.9 Å². The average molecular weight is 325 g/mol. The summed E-state index contributed by atoms with van der Waals surface area (Å²) < 4.78 is 5.15. The Morgan fingerprint density at radius 1 is 1.08 bits per heavy atom. The van der Waals surface area contributed by atoms with Crippen LogP contribution in [0.15, 0.2) is 47.3 Å². The Labute approximate surface area is 138 Å². The van der Waals surface area contributed by atoms with Gasteiger partial charge in [-0.3, -0.25) is 4.79 Å². The van der Waals surface area contributed by atoms with Crippen LogP contribution < -0.4 is 15.7 Å². The van der Waals surface area contributed by atoms with Crippen molar-refractivity contribution in [2.45, 2.75) is 12.8 Å². The first-order chi connectivity index (χ1) is 11.6. The largest absolute Gasteiger partial charge is 0.497 e. The number of methoxy groups -OCH3 is 1. The van der Waals surface area contributed by atoms with Crippen LogP contribution in [0.5, 0.6) is 5.75 Å². The molecule has 1 aromatic heterocycles. The van der Waals surface area contributed by atoms with Gasteiger partial charge in [0.1, 0.15) is 5.75 Å². The lowest BCUT2D eigenvalue weighted by molar-refractivity contribution is -0.120. The van der Waals surface area contributed by atoms with Gasteiger partial charge in [0.25, 0.3) is 0 Å². The Hall–Kier alpha value is -3.02. The van der Waals surface area contributed by atoms with Crippen molar-refractivity contribution in [3.8, 4) is 5.75 Å². The van der Waals surface area contributed by atoms with E-state index in [0.29, 0.717) is 19.4 Å². The van der Waals surface area contributed by atoms with Gasteiger partial charge in [0.15, 0.2) is 0 Å². The number of aromatic amines is 2. The summed E-state index contributed by atoms with van der Waals surface area (Å²) in [6.07, 6.45) is 1.02. The van der Waals surface area contributed by atoms with Gasteiger partial charge < -0.3 is 20.0 Å². The fourth-order valence-corrected chi connectivity index (χ4v) is 2.61. The number of imidazole rings is 1. The molecule has 0 aliphatic rings. The molecule has 6 heteroatoms. The summed E-state index contributed by atoms with van der Waals surface area (Å²) >= 11 is 0. The number of aromatic nitrogens is 2. The quantitative estimate of drug-likeness (QED) is 0.645. The first-order valence-corrected chi connectivity index (χ1v) is 7.74. The SMILES string of the molecule is COc1cccc(CC(=O)NCCc2ccc3[nH]c(=O)[nH]c3c2)c1. The summed E-state index contributed by atoms with van der Waals surface area (Å²) in [6.45, 7) is 0.545. The monoisotopic (exact) mass is 325 g/mol. The van der Waals surface area contributed by atoms with Crippen LogP contribution in [0.2, 0.25) is 0 Å². The molecule has 0 saturated carbocycles. The zero-order valence-corrected chi connectivity index (χ0v) is 13.4. The maximum atomic E-state index is 12.0. The highest BCUT2D eigenvalue weighted by Gasteiger charge is 2.05. The van der Waals surface area contributed by atoms with Crippen molar-refractivity contribution in [2.75, 3.05) is 13.7 Å². The molecule has 0 atom stereocenters. The van der Waals surface area contributed by atoms with Crippen LogP contribution in [0.25, 0.3) is 11.0 Å². The van der Waals surface area contributed by atoms with Gasteiger partial charge in [-0.15, -0.1) is 0 Å². The molecule has 24 heavy (non-hydrogen) atoms. The van der Waals surface area contributed by atoms with E-state index in [2.05, 4.69) is 15.3 Å². The highest BCUT2D eigenvalue weighted by molar-refractivity contribution is 5.78. The molecule has 0 spiro atoms. The number of carbonyl (C=O) groups is 1. The third-order valence-corrected chi connectivity index (χ3v) is 3.82. The molecule has 3 aromatic rings. The molecule has 2 aromatic carbocycles. The van der Waals surface area contributed by atoms with Gasteiger partial charge in [-0.25, -0.2) is 4.79 Å². The van der Waals surface area contributed by atoms with Crippen molar-refractivity contribution in [1.29, 1.82) is 0 Å². The Kier molecular flexibility index (Phi) is 4.65. The third kappa shape index (κ3) is 3.84. The number of fused-ring (bicyclic) bond motifs is 1. The number of H-pyrrole nitrogens is 2. The van der Waals surface area contributed by atoms with E-state index in [1.54, 1.807) is 7.11 Å². The smallest absolute Gasteiger partial charge is 0.323 e. The molecular formula is C18H19N3O3. The number of hydrogen-bond acceptors (Lipinski definition) is 3. The van der Waals surface area contributed by atoms with Crippen LogP contribution in [0, 0.1) is 0 Å². The van der Waals surface area contributed by atoms with E-state index in [9.17, 15) is 9.59 Å². The molecule has 124 valence electrons. The number of amides is 1. The standard InChI is InChI=1S/C18H19N3O3/c1-24-14-4-2-3-13(9-14)11-17(22)19-8-7-12-5-6-15-16(10-12)21-18(23)20-15/h2-6,9-10H,7-8,11H2,1H3,(H,19,22)(H2,20,21,23).